The Labute approximate surface area is 188 Å². The third kappa shape index (κ3) is 2.52. The first kappa shape index (κ1) is 20.2. The number of ether oxygens (including phenoxy) is 1. The minimum Gasteiger partial charge on any atom is -0.495 e. The predicted molar refractivity (Wildman–Crippen MR) is 119 cm³/mol. The number of rotatable bonds is 4. The summed E-state index contributed by atoms with van der Waals surface area (Å²) in [5.41, 5.74) is 0.686. The summed E-state index contributed by atoms with van der Waals surface area (Å²) in [6, 6.07) is 14.1. The first-order valence-electron chi connectivity index (χ1n) is 10.2. The van der Waals surface area contributed by atoms with Gasteiger partial charge in [0, 0.05) is 29.2 Å². The normalized spacial score (nSPS) is 29.1. The molecule has 3 heterocycles. The van der Waals surface area contributed by atoms with Crippen LogP contribution in [0.5, 0.6) is 5.75 Å². The van der Waals surface area contributed by atoms with Crippen molar-refractivity contribution in [1.29, 1.82) is 0 Å². The quantitative estimate of drug-likeness (QED) is 0.533. The number of halogens is 1. The first-order valence-corrected chi connectivity index (χ1v) is 11.4. The smallest absolute Gasteiger partial charge is 0.252 e. The lowest BCUT2D eigenvalue weighted by Gasteiger charge is -2.30. The Morgan fingerprint density at radius 3 is 2.42 bits per heavy atom. The molecule has 1 spiro atoms. The number of fused-ring (bicyclic) bond motifs is 4. The molecule has 3 aliphatic rings. The van der Waals surface area contributed by atoms with Crippen LogP contribution in [-0.4, -0.2) is 42.7 Å². The van der Waals surface area contributed by atoms with E-state index in [1.54, 1.807) is 29.2 Å². The second-order valence-electron chi connectivity index (χ2n) is 8.09. The molecule has 160 valence electrons. The van der Waals surface area contributed by atoms with E-state index in [4.69, 9.17) is 4.74 Å². The van der Waals surface area contributed by atoms with Gasteiger partial charge in [0.15, 0.2) is 0 Å². The minimum atomic E-state index is -1.26. The number of carbonyl (C=O) groups excluding carboxylic acids is 3. The van der Waals surface area contributed by atoms with Gasteiger partial charge in [0.25, 0.3) is 5.91 Å². The number of methoxy groups -OCH3 is 1. The van der Waals surface area contributed by atoms with E-state index in [0.29, 0.717) is 23.3 Å². The second-order valence-corrected chi connectivity index (χ2v) is 8.88. The molecule has 0 radical (unpaired) electrons. The van der Waals surface area contributed by atoms with Crippen LogP contribution in [0.2, 0.25) is 0 Å². The van der Waals surface area contributed by atoms with Crippen LogP contribution in [0.1, 0.15) is 12.5 Å². The number of carbonyl (C=O) groups is 3. The van der Waals surface area contributed by atoms with Crippen molar-refractivity contribution in [1.82, 2.24) is 5.32 Å². The van der Waals surface area contributed by atoms with E-state index < -0.39 is 17.4 Å². The van der Waals surface area contributed by atoms with Crippen molar-refractivity contribution in [3.05, 3.63) is 54.1 Å². The average Bonchev–Trinajstić information content (AvgIpc) is 3.32. The van der Waals surface area contributed by atoms with Gasteiger partial charge in [-0.15, -0.1) is 0 Å². The Morgan fingerprint density at radius 2 is 1.71 bits per heavy atom. The summed E-state index contributed by atoms with van der Waals surface area (Å²) < 4.78 is 5.40. The highest BCUT2D eigenvalue weighted by Crippen LogP contribution is 2.55. The highest BCUT2D eigenvalue weighted by molar-refractivity contribution is 9.09. The molecule has 3 amide bonds. The molecule has 5 rings (SSSR count). The number of anilines is 2. The van der Waals surface area contributed by atoms with E-state index in [1.807, 2.05) is 31.2 Å². The Morgan fingerprint density at radius 1 is 1.03 bits per heavy atom. The molecule has 2 fully saturated rings. The molecule has 7 nitrogen and oxygen atoms in total. The van der Waals surface area contributed by atoms with Gasteiger partial charge in [0.05, 0.1) is 24.6 Å². The SMILES string of the molecule is COc1ccccc1N1C(=O)[C@@H]2[C@H](C)N[C@@]3(C(=O)N(CCBr)c4ccccc43)[C@@H]2C1=O. The fraction of sp³-hybridized carbons (Fsp3) is 0.348. The third-order valence-electron chi connectivity index (χ3n) is 6.65. The lowest BCUT2D eigenvalue weighted by Crippen LogP contribution is -2.55. The summed E-state index contributed by atoms with van der Waals surface area (Å²) in [4.78, 5) is 44.1. The maximum Gasteiger partial charge on any atom is 0.252 e. The minimum absolute atomic E-state index is 0.185. The molecule has 0 bridgehead atoms. The molecular formula is C23H22BrN3O4. The summed E-state index contributed by atoms with van der Waals surface area (Å²) in [5, 5.41) is 3.99. The van der Waals surface area contributed by atoms with Gasteiger partial charge in [-0.25, -0.2) is 4.90 Å². The van der Waals surface area contributed by atoms with Crippen molar-refractivity contribution in [3.8, 4) is 5.75 Å². The molecule has 0 aliphatic carbocycles. The van der Waals surface area contributed by atoms with Crippen molar-refractivity contribution in [2.75, 3.05) is 28.8 Å². The maximum atomic E-state index is 13.8. The monoisotopic (exact) mass is 483 g/mol. The van der Waals surface area contributed by atoms with Crippen LogP contribution in [0.4, 0.5) is 11.4 Å². The number of imide groups is 1. The standard InChI is InChI=1S/C23H22BrN3O4/c1-13-18-19(21(29)27(20(18)28)16-9-5-6-10-17(16)31-2)23(25-13)14-7-3-4-8-15(14)26(12-11-24)22(23)30/h3-10,13,18-19,25H,11-12H2,1-2H3/t13-,18+,19-,23+/m0/s1. The molecule has 8 heteroatoms. The molecule has 2 aromatic carbocycles. The van der Waals surface area contributed by atoms with Gasteiger partial charge >= 0.3 is 0 Å². The van der Waals surface area contributed by atoms with Gasteiger partial charge in [-0.1, -0.05) is 46.3 Å². The highest BCUT2D eigenvalue weighted by Gasteiger charge is 2.71. The Balaban J connectivity index is 1.67. The molecule has 1 N–H and O–H groups in total. The van der Waals surface area contributed by atoms with Crippen molar-refractivity contribution in [2.45, 2.75) is 18.5 Å². The molecule has 31 heavy (non-hydrogen) atoms. The molecule has 4 atom stereocenters. The van der Waals surface area contributed by atoms with Crippen molar-refractivity contribution >= 4 is 45.0 Å². The van der Waals surface area contributed by atoms with Crippen LogP contribution in [0.25, 0.3) is 0 Å². The van der Waals surface area contributed by atoms with Gasteiger partial charge in [0.2, 0.25) is 11.8 Å². The van der Waals surface area contributed by atoms with E-state index >= 15 is 0 Å². The Hall–Kier alpha value is -2.71. The average molecular weight is 484 g/mol. The van der Waals surface area contributed by atoms with E-state index in [0.717, 1.165) is 11.3 Å². The fourth-order valence-corrected chi connectivity index (χ4v) is 5.82. The molecule has 0 unspecified atom stereocenters. The summed E-state index contributed by atoms with van der Waals surface area (Å²) in [5.74, 6) is -1.89. The van der Waals surface area contributed by atoms with E-state index in [1.165, 1.54) is 12.0 Å². The molecular weight excluding hydrogens is 462 g/mol. The summed E-state index contributed by atoms with van der Waals surface area (Å²) in [7, 11) is 1.51. The van der Waals surface area contributed by atoms with E-state index in [9.17, 15) is 14.4 Å². The summed E-state index contributed by atoms with van der Waals surface area (Å²) in [6.07, 6.45) is 0. The number of para-hydroxylation sites is 3. The first-order chi connectivity index (χ1) is 15.0. The molecule has 2 aromatic rings. The van der Waals surface area contributed by atoms with Crippen LogP contribution >= 0.6 is 15.9 Å². The van der Waals surface area contributed by atoms with Crippen LogP contribution in [0.3, 0.4) is 0 Å². The van der Waals surface area contributed by atoms with Gasteiger partial charge in [-0.3, -0.25) is 19.7 Å². The summed E-state index contributed by atoms with van der Waals surface area (Å²) >= 11 is 3.42. The van der Waals surface area contributed by atoms with Gasteiger partial charge < -0.3 is 9.64 Å². The molecule has 0 saturated carbocycles. The number of amides is 3. The zero-order valence-electron chi connectivity index (χ0n) is 17.2. The van der Waals surface area contributed by atoms with Crippen LogP contribution < -0.4 is 19.9 Å². The number of nitrogens with one attached hydrogen (secondary N) is 1. The zero-order chi connectivity index (χ0) is 21.9. The fourth-order valence-electron chi connectivity index (χ4n) is 5.47. The largest absolute Gasteiger partial charge is 0.495 e. The van der Waals surface area contributed by atoms with Crippen molar-refractivity contribution in [3.63, 3.8) is 0 Å². The topological polar surface area (TPSA) is 79.0 Å². The lowest BCUT2D eigenvalue weighted by atomic mass is 9.76. The van der Waals surface area contributed by atoms with Crippen LogP contribution in [0.15, 0.2) is 48.5 Å². The predicted octanol–water partition coefficient (Wildman–Crippen LogP) is 2.43. The Kier molecular flexibility index (Phi) is 4.67. The maximum absolute atomic E-state index is 13.8. The second kappa shape index (κ2) is 7.17. The molecule has 2 saturated heterocycles. The van der Waals surface area contributed by atoms with Crippen LogP contribution in [-0.2, 0) is 19.9 Å². The number of hydrogen-bond donors (Lipinski definition) is 1. The number of hydrogen-bond acceptors (Lipinski definition) is 5. The zero-order valence-corrected chi connectivity index (χ0v) is 18.8. The highest BCUT2D eigenvalue weighted by atomic mass is 79.9. The molecule has 3 aliphatic heterocycles. The third-order valence-corrected chi connectivity index (χ3v) is 7.00. The van der Waals surface area contributed by atoms with Gasteiger partial charge in [-0.2, -0.15) is 0 Å². The van der Waals surface area contributed by atoms with Crippen LogP contribution in [0, 0.1) is 11.8 Å². The number of nitrogens with zero attached hydrogens (tertiary/aromatic N) is 2. The van der Waals surface area contributed by atoms with E-state index in [2.05, 4.69) is 21.2 Å². The number of benzene rings is 2. The van der Waals surface area contributed by atoms with Crippen molar-refractivity contribution in [2.24, 2.45) is 11.8 Å². The van der Waals surface area contributed by atoms with E-state index in [-0.39, 0.29) is 23.8 Å². The lowest BCUT2D eigenvalue weighted by molar-refractivity contribution is -0.132. The van der Waals surface area contributed by atoms with Gasteiger partial charge in [-0.05, 0) is 25.1 Å². The Bertz CT molecular complexity index is 1110. The molecule has 0 aromatic heterocycles. The number of alkyl halides is 1. The van der Waals surface area contributed by atoms with Crippen molar-refractivity contribution < 1.29 is 19.1 Å². The van der Waals surface area contributed by atoms with Gasteiger partial charge in [0.1, 0.15) is 11.3 Å². The summed E-state index contributed by atoms with van der Waals surface area (Å²) in [6.45, 7) is 2.34.